The molecule has 2 rings (SSSR count). The maximum absolute atomic E-state index is 12.2. The van der Waals surface area contributed by atoms with E-state index in [9.17, 15) is 9.59 Å². The van der Waals surface area contributed by atoms with Crippen LogP contribution >= 0.6 is 12.4 Å². The molecule has 2 atom stereocenters. The highest BCUT2D eigenvalue weighted by atomic mass is 35.5. The Kier molecular flexibility index (Phi) is 7.31. The van der Waals surface area contributed by atoms with E-state index >= 15 is 0 Å². The first kappa shape index (κ1) is 18.4. The minimum atomic E-state index is -0.359. The number of benzene rings is 1. The second-order valence-corrected chi connectivity index (χ2v) is 4.93. The molecule has 2 amide bonds. The molecule has 0 saturated carbocycles. The fourth-order valence-electron chi connectivity index (χ4n) is 2.21. The standard InChI is InChI=1S/C15H21N3O3.ClH/c1-3-16-14(19)11-4-6-12(7-5-11)18-15(20)13-10(2)21-9-8-17-13;/h4-7,10,13,17H,3,8-9H2,1-2H3,(H,16,19)(H,18,20);1H/t10-,13+;/m1./s1. The van der Waals surface area contributed by atoms with Gasteiger partial charge in [-0.05, 0) is 38.1 Å². The molecule has 6 nitrogen and oxygen atoms in total. The highest BCUT2D eigenvalue weighted by molar-refractivity contribution is 5.97. The SMILES string of the molecule is CCNC(=O)c1ccc(NC(=O)[C@H]2NCCO[C@@H]2C)cc1.Cl. The average Bonchev–Trinajstić information content (AvgIpc) is 2.48. The lowest BCUT2D eigenvalue weighted by molar-refractivity contribution is -0.123. The Morgan fingerprint density at radius 3 is 2.59 bits per heavy atom. The Bertz CT molecular complexity index is 507. The van der Waals surface area contributed by atoms with Crippen molar-refractivity contribution in [1.82, 2.24) is 10.6 Å². The molecule has 1 aliphatic heterocycles. The first-order valence-corrected chi connectivity index (χ1v) is 7.16. The third-order valence-corrected chi connectivity index (χ3v) is 3.35. The van der Waals surface area contributed by atoms with Crippen LogP contribution in [0.2, 0.25) is 0 Å². The van der Waals surface area contributed by atoms with E-state index in [1.807, 2.05) is 13.8 Å². The largest absolute Gasteiger partial charge is 0.375 e. The maximum atomic E-state index is 12.2. The van der Waals surface area contributed by atoms with E-state index in [0.29, 0.717) is 30.9 Å². The molecule has 1 fully saturated rings. The number of amides is 2. The van der Waals surface area contributed by atoms with E-state index in [0.717, 1.165) is 0 Å². The summed E-state index contributed by atoms with van der Waals surface area (Å²) < 4.78 is 5.45. The fourth-order valence-corrected chi connectivity index (χ4v) is 2.21. The van der Waals surface area contributed by atoms with Gasteiger partial charge in [0.1, 0.15) is 6.04 Å². The number of hydrogen-bond donors (Lipinski definition) is 3. The van der Waals surface area contributed by atoms with Gasteiger partial charge in [-0.15, -0.1) is 12.4 Å². The van der Waals surface area contributed by atoms with Crippen LogP contribution in [-0.4, -0.2) is 43.7 Å². The van der Waals surface area contributed by atoms with Crippen molar-refractivity contribution in [3.05, 3.63) is 29.8 Å². The molecule has 3 N–H and O–H groups in total. The number of ether oxygens (including phenoxy) is 1. The number of carbonyl (C=O) groups excluding carboxylic acids is 2. The van der Waals surface area contributed by atoms with Crippen molar-refractivity contribution in [3.63, 3.8) is 0 Å². The van der Waals surface area contributed by atoms with Gasteiger partial charge in [-0.25, -0.2) is 0 Å². The van der Waals surface area contributed by atoms with Gasteiger partial charge in [-0.2, -0.15) is 0 Å². The number of anilines is 1. The second kappa shape index (κ2) is 8.73. The highest BCUT2D eigenvalue weighted by Gasteiger charge is 2.28. The summed E-state index contributed by atoms with van der Waals surface area (Å²) in [6.45, 7) is 5.61. The molecular formula is C15H22ClN3O3. The summed E-state index contributed by atoms with van der Waals surface area (Å²) in [5.74, 6) is -0.251. The lowest BCUT2D eigenvalue weighted by Gasteiger charge is -2.29. The van der Waals surface area contributed by atoms with Crippen LogP contribution in [0.3, 0.4) is 0 Å². The summed E-state index contributed by atoms with van der Waals surface area (Å²) >= 11 is 0. The molecule has 0 unspecified atom stereocenters. The number of rotatable bonds is 4. The van der Waals surface area contributed by atoms with Crippen LogP contribution in [0.5, 0.6) is 0 Å². The van der Waals surface area contributed by atoms with Gasteiger partial charge in [0, 0.05) is 24.3 Å². The molecule has 0 spiro atoms. The van der Waals surface area contributed by atoms with Crippen LogP contribution in [-0.2, 0) is 9.53 Å². The summed E-state index contributed by atoms with van der Waals surface area (Å²) in [6.07, 6.45) is -0.159. The predicted molar refractivity (Wildman–Crippen MR) is 87.5 cm³/mol. The van der Waals surface area contributed by atoms with Gasteiger partial charge in [0.2, 0.25) is 5.91 Å². The molecule has 0 aromatic heterocycles. The Hall–Kier alpha value is -1.63. The van der Waals surface area contributed by atoms with Crippen LogP contribution in [0.15, 0.2) is 24.3 Å². The molecule has 1 heterocycles. The van der Waals surface area contributed by atoms with E-state index < -0.39 is 0 Å². The van der Waals surface area contributed by atoms with Gasteiger partial charge >= 0.3 is 0 Å². The molecule has 0 radical (unpaired) electrons. The van der Waals surface area contributed by atoms with Gasteiger partial charge in [-0.1, -0.05) is 0 Å². The summed E-state index contributed by atoms with van der Waals surface area (Å²) in [6, 6.07) is 6.46. The van der Waals surface area contributed by atoms with Crippen LogP contribution in [0, 0.1) is 0 Å². The second-order valence-electron chi connectivity index (χ2n) is 4.93. The van der Waals surface area contributed by atoms with Crippen LogP contribution in [0.4, 0.5) is 5.69 Å². The molecule has 0 bridgehead atoms. The number of morpholine rings is 1. The van der Waals surface area contributed by atoms with Crippen molar-refractivity contribution in [2.45, 2.75) is 26.0 Å². The number of carbonyl (C=O) groups is 2. The lowest BCUT2D eigenvalue weighted by atomic mass is 10.1. The summed E-state index contributed by atoms with van der Waals surface area (Å²) in [5, 5.41) is 8.69. The van der Waals surface area contributed by atoms with Crippen molar-refractivity contribution < 1.29 is 14.3 Å². The van der Waals surface area contributed by atoms with E-state index in [1.165, 1.54) is 0 Å². The zero-order chi connectivity index (χ0) is 15.2. The summed E-state index contributed by atoms with van der Waals surface area (Å²) in [5.41, 5.74) is 1.23. The minimum absolute atomic E-state index is 0. The Labute approximate surface area is 136 Å². The fraction of sp³-hybridized carbons (Fsp3) is 0.467. The molecule has 1 aromatic rings. The quantitative estimate of drug-likeness (QED) is 0.775. The summed E-state index contributed by atoms with van der Waals surface area (Å²) in [7, 11) is 0. The smallest absolute Gasteiger partial charge is 0.251 e. The van der Waals surface area contributed by atoms with Crippen molar-refractivity contribution in [1.29, 1.82) is 0 Å². The van der Waals surface area contributed by atoms with Crippen molar-refractivity contribution in [3.8, 4) is 0 Å². The van der Waals surface area contributed by atoms with Gasteiger partial charge in [0.15, 0.2) is 0 Å². The first-order valence-electron chi connectivity index (χ1n) is 7.16. The van der Waals surface area contributed by atoms with E-state index in [4.69, 9.17) is 4.74 Å². The van der Waals surface area contributed by atoms with E-state index in [1.54, 1.807) is 24.3 Å². The third kappa shape index (κ3) is 4.69. The Balaban J connectivity index is 0.00000242. The average molecular weight is 328 g/mol. The lowest BCUT2D eigenvalue weighted by Crippen LogP contribution is -2.53. The number of halogens is 1. The molecule has 1 saturated heterocycles. The number of hydrogen-bond acceptors (Lipinski definition) is 4. The zero-order valence-corrected chi connectivity index (χ0v) is 13.5. The summed E-state index contributed by atoms with van der Waals surface area (Å²) in [4.78, 5) is 23.8. The molecule has 1 aromatic carbocycles. The molecule has 0 aliphatic carbocycles. The van der Waals surface area contributed by atoms with E-state index in [2.05, 4.69) is 16.0 Å². The molecule has 122 valence electrons. The predicted octanol–water partition coefficient (Wildman–Crippen LogP) is 1.17. The van der Waals surface area contributed by atoms with Crippen molar-refractivity contribution >= 4 is 29.9 Å². The molecule has 22 heavy (non-hydrogen) atoms. The van der Waals surface area contributed by atoms with Gasteiger partial charge in [-0.3, -0.25) is 9.59 Å². The Morgan fingerprint density at radius 1 is 1.32 bits per heavy atom. The van der Waals surface area contributed by atoms with Gasteiger partial charge in [0.05, 0.1) is 12.7 Å². The number of nitrogens with one attached hydrogen (secondary N) is 3. The van der Waals surface area contributed by atoms with Crippen LogP contribution < -0.4 is 16.0 Å². The topological polar surface area (TPSA) is 79.5 Å². The first-order chi connectivity index (χ1) is 10.1. The minimum Gasteiger partial charge on any atom is -0.375 e. The zero-order valence-electron chi connectivity index (χ0n) is 12.7. The third-order valence-electron chi connectivity index (χ3n) is 3.35. The normalized spacial score (nSPS) is 20.6. The van der Waals surface area contributed by atoms with Crippen molar-refractivity contribution in [2.24, 2.45) is 0 Å². The monoisotopic (exact) mass is 327 g/mol. The van der Waals surface area contributed by atoms with Crippen LogP contribution in [0.25, 0.3) is 0 Å². The maximum Gasteiger partial charge on any atom is 0.251 e. The van der Waals surface area contributed by atoms with Gasteiger partial charge in [0.25, 0.3) is 5.91 Å². The van der Waals surface area contributed by atoms with Crippen molar-refractivity contribution in [2.75, 3.05) is 25.0 Å². The highest BCUT2D eigenvalue weighted by Crippen LogP contribution is 2.12. The van der Waals surface area contributed by atoms with Gasteiger partial charge < -0.3 is 20.7 Å². The Morgan fingerprint density at radius 2 is 2.00 bits per heavy atom. The molecular weight excluding hydrogens is 306 g/mol. The van der Waals surface area contributed by atoms with Crippen LogP contribution in [0.1, 0.15) is 24.2 Å². The molecule has 7 heteroatoms. The molecule has 1 aliphatic rings. The van der Waals surface area contributed by atoms with E-state index in [-0.39, 0.29) is 36.4 Å².